The number of carbonyl (C=O) groups is 1. The molecule has 2 aromatic heterocycles. The van der Waals surface area contributed by atoms with Gasteiger partial charge in [-0.15, -0.1) is 0 Å². The summed E-state index contributed by atoms with van der Waals surface area (Å²) in [5.74, 6) is 1.19. The van der Waals surface area contributed by atoms with Crippen LogP contribution in [0.4, 0.5) is 0 Å². The number of hydrogen-bond acceptors (Lipinski definition) is 2. The maximum absolute atomic E-state index is 12.1. The minimum atomic E-state index is -0.125. The van der Waals surface area contributed by atoms with Crippen molar-refractivity contribution >= 4 is 16.8 Å². The molecule has 0 bridgehead atoms. The second kappa shape index (κ2) is 7.47. The largest absolute Gasteiger partial charge is 0.483 e. The van der Waals surface area contributed by atoms with Crippen LogP contribution in [0, 0.1) is 5.92 Å². The van der Waals surface area contributed by atoms with E-state index in [4.69, 9.17) is 4.74 Å². The highest BCUT2D eigenvalue weighted by molar-refractivity contribution is 5.87. The molecule has 0 aliphatic rings. The molecule has 5 nitrogen and oxygen atoms in total. The Balaban J connectivity index is 1.62. The highest BCUT2D eigenvalue weighted by Crippen LogP contribution is 2.27. The maximum atomic E-state index is 12.1. The Labute approximate surface area is 148 Å². The summed E-state index contributed by atoms with van der Waals surface area (Å²) in [6, 6.07) is 12.0. The van der Waals surface area contributed by atoms with E-state index in [9.17, 15) is 4.79 Å². The third kappa shape index (κ3) is 4.05. The number of nitrogens with zero attached hydrogens (tertiary/aromatic N) is 2. The van der Waals surface area contributed by atoms with Crippen LogP contribution in [0.2, 0.25) is 0 Å². The van der Waals surface area contributed by atoms with E-state index in [1.54, 1.807) is 0 Å². The molecule has 0 radical (unpaired) electrons. The van der Waals surface area contributed by atoms with Gasteiger partial charge in [0.15, 0.2) is 6.61 Å². The summed E-state index contributed by atoms with van der Waals surface area (Å²) in [5.41, 5.74) is 2.19. The van der Waals surface area contributed by atoms with Gasteiger partial charge in [-0.25, -0.2) is 0 Å². The van der Waals surface area contributed by atoms with Crippen molar-refractivity contribution in [1.82, 2.24) is 14.5 Å². The van der Waals surface area contributed by atoms with Crippen LogP contribution in [-0.2, 0) is 24.9 Å². The number of amides is 1. The fraction of sp³-hybridized carbons (Fsp3) is 0.350. The molecule has 1 aromatic carbocycles. The molecule has 0 fully saturated rings. The Hall–Kier alpha value is -2.69. The van der Waals surface area contributed by atoms with Crippen LogP contribution in [0.15, 0.2) is 48.8 Å². The van der Waals surface area contributed by atoms with Crippen molar-refractivity contribution in [3.63, 3.8) is 0 Å². The van der Waals surface area contributed by atoms with E-state index in [2.05, 4.69) is 42.1 Å². The number of benzene rings is 1. The number of carbonyl (C=O) groups excluding carboxylic acids is 1. The summed E-state index contributed by atoms with van der Waals surface area (Å²) in [7, 11) is 1.96. The molecule has 0 saturated carbocycles. The second-order valence-electron chi connectivity index (χ2n) is 6.73. The molecule has 0 atom stereocenters. The first-order valence-corrected chi connectivity index (χ1v) is 8.62. The molecule has 0 saturated heterocycles. The molecule has 0 aliphatic heterocycles. The lowest BCUT2D eigenvalue weighted by atomic mass is 10.2. The van der Waals surface area contributed by atoms with Crippen LogP contribution in [0.3, 0.4) is 0 Å². The maximum Gasteiger partial charge on any atom is 0.258 e. The number of nitrogens with one attached hydrogen (secondary N) is 1. The predicted molar refractivity (Wildman–Crippen MR) is 99.5 cm³/mol. The Morgan fingerprint density at radius 1 is 1.16 bits per heavy atom. The van der Waals surface area contributed by atoms with Crippen LogP contribution >= 0.6 is 0 Å². The van der Waals surface area contributed by atoms with Gasteiger partial charge in [0, 0.05) is 37.1 Å². The quantitative estimate of drug-likeness (QED) is 0.718. The van der Waals surface area contributed by atoms with E-state index in [0.29, 0.717) is 12.5 Å². The molecule has 25 heavy (non-hydrogen) atoms. The fourth-order valence-electron chi connectivity index (χ4n) is 2.94. The molecule has 0 unspecified atom stereocenters. The topological polar surface area (TPSA) is 48.2 Å². The van der Waals surface area contributed by atoms with Crippen LogP contribution in [-0.4, -0.2) is 21.6 Å². The number of rotatable bonds is 7. The molecular weight excluding hydrogens is 314 g/mol. The minimum absolute atomic E-state index is 0.0128. The summed E-state index contributed by atoms with van der Waals surface area (Å²) in [4.78, 5) is 12.1. The van der Waals surface area contributed by atoms with Gasteiger partial charge in [0.1, 0.15) is 5.75 Å². The first-order chi connectivity index (χ1) is 12.0. The summed E-state index contributed by atoms with van der Waals surface area (Å²) in [5, 5.41) is 3.93. The predicted octanol–water partition coefficient (Wildman–Crippen LogP) is 3.33. The van der Waals surface area contributed by atoms with Gasteiger partial charge in [-0.3, -0.25) is 4.79 Å². The van der Waals surface area contributed by atoms with Crippen molar-refractivity contribution < 1.29 is 9.53 Å². The zero-order valence-electron chi connectivity index (χ0n) is 15.0. The zero-order chi connectivity index (χ0) is 17.8. The van der Waals surface area contributed by atoms with Crippen LogP contribution < -0.4 is 10.1 Å². The summed E-state index contributed by atoms with van der Waals surface area (Å²) >= 11 is 0. The van der Waals surface area contributed by atoms with Crippen molar-refractivity contribution in [3.05, 3.63) is 54.5 Å². The van der Waals surface area contributed by atoms with Gasteiger partial charge >= 0.3 is 0 Å². The summed E-state index contributed by atoms with van der Waals surface area (Å²) < 4.78 is 9.98. The van der Waals surface area contributed by atoms with Gasteiger partial charge in [-0.05, 0) is 36.2 Å². The molecule has 0 spiro atoms. The Bertz CT molecular complexity index is 861. The number of aryl methyl sites for hydroxylation is 1. The van der Waals surface area contributed by atoms with E-state index < -0.39 is 0 Å². The number of ether oxygens (including phenoxy) is 1. The first kappa shape index (κ1) is 17.1. The van der Waals surface area contributed by atoms with Crippen molar-refractivity contribution in [2.24, 2.45) is 13.0 Å². The van der Waals surface area contributed by atoms with E-state index in [0.717, 1.165) is 28.9 Å². The normalized spacial score (nSPS) is 11.2. The van der Waals surface area contributed by atoms with Gasteiger partial charge in [-0.2, -0.15) is 0 Å². The third-order valence-corrected chi connectivity index (χ3v) is 4.21. The molecule has 2 heterocycles. The monoisotopic (exact) mass is 339 g/mol. The lowest BCUT2D eigenvalue weighted by molar-refractivity contribution is -0.123. The molecule has 132 valence electrons. The first-order valence-electron chi connectivity index (χ1n) is 8.62. The van der Waals surface area contributed by atoms with E-state index in [-0.39, 0.29) is 12.5 Å². The number of fused-ring (bicyclic) bond motifs is 1. The zero-order valence-corrected chi connectivity index (χ0v) is 15.0. The number of hydrogen-bond donors (Lipinski definition) is 1. The van der Waals surface area contributed by atoms with E-state index in [1.165, 1.54) is 0 Å². The average Bonchev–Trinajstić information content (AvgIpc) is 3.17. The van der Waals surface area contributed by atoms with Crippen molar-refractivity contribution in [2.75, 3.05) is 6.61 Å². The Morgan fingerprint density at radius 3 is 2.72 bits per heavy atom. The molecule has 3 rings (SSSR count). The van der Waals surface area contributed by atoms with Crippen molar-refractivity contribution in [3.8, 4) is 5.75 Å². The molecule has 5 heteroatoms. The second-order valence-corrected chi connectivity index (χ2v) is 6.73. The lowest BCUT2D eigenvalue weighted by Crippen LogP contribution is -2.29. The molecule has 3 aromatic rings. The minimum Gasteiger partial charge on any atom is -0.483 e. The van der Waals surface area contributed by atoms with Gasteiger partial charge in [0.2, 0.25) is 0 Å². The van der Waals surface area contributed by atoms with Crippen molar-refractivity contribution in [1.29, 1.82) is 0 Å². The fourth-order valence-corrected chi connectivity index (χ4v) is 2.94. The van der Waals surface area contributed by atoms with Gasteiger partial charge in [0.25, 0.3) is 5.91 Å². The van der Waals surface area contributed by atoms with E-state index >= 15 is 0 Å². The van der Waals surface area contributed by atoms with Crippen molar-refractivity contribution in [2.45, 2.75) is 26.9 Å². The van der Waals surface area contributed by atoms with Crippen LogP contribution in [0.1, 0.15) is 19.5 Å². The van der Waals surface area contributed by atoms with Crippen LogP contribution in [0.5, 0.6) is 5.75 Å². The average molecular weight is 339 g/mol. The highest BCUT2D eigenvalue weighted by Gasteiger charge is 2.10. The van der Waals surface area contributed by atoms with Crippen LogP contribution in [0.25, 0.3) is 10.9 Å². The Morgan fingerprint density at radius 2 is 2.00 bits per heavy atom. The third-order valence-electron chi connectivity index (χ3n) is 4.21. The summed E-state index contributed by atoms with van der Waals surface area (Å²) in [6.07, 6.45) is 4.04. The lowest BCUT2D eigenvalue weighted by Gasteiger charge is -2.11. The highest BCUT2D eigenvalue weighted by atomic mass is 16.5. The standard InChI is InChI=1S/C20H25N3O2/c1-15(2)13-23-11-9-17-18(23)7-4-8-19(17)25-14-20(24)21-12-16-6-5-10-22(16)3/h4-11,15H,12-14H2,1-3H3,(H,21,24). The van der Waals surface area contributed by atoms with Gasteiger partial charge in [0.05, 0.1) is 12.1 Å². The molecule has 1 amide bonds. The Kier molecular flexibility index (Phi) is 5.12. The molecule has 1 N–H and O–H groups in total. The van der Waals surface area contributed by atoms with E-state index in [1.807, 2.05) is 42.1 Å². The molecule has 0 aliphatic carbocycles. The molecular formula is C20H25N3O2. The van der Waals surface area contributed by atoms with Gasteiger partial charge < -0.3 is 19.2 Å². The number of aromatic nitrogens is 2. The smallest absolute Gasteiger partial charge is 0.258 e. The SMILES string of the molecule is CC(C)Cn1ccc2c(OCC(=O)NCc3cccn3C)cccc21. The summed E-state index contributed by atoms with van der Waals surface area (Å²) in [6.45, 7) is 5.87. The van der Waals surface area contributed by atoms with Gasteiger partial charge in [-0.1, -0.05) is 19.9 Å².